The first-order valence-electron chi connectivity index (χ1n) is 11.5. The second-order valence-electron chi connectivity index (χ2n) is 8.07. The van der Waals surface area contributed by atoms with E-state index in [1.165, 1.54) is 6.42 Å². The highest BCUT2D eigenvalue weighted by atomic mass is 79.9. The van der Waals surface area contributed by atoms with Crippen LogP contribution < -0.4 is 15.4 Å². The molecule has 1 atom stereocenters. The number of aldehydes is 1. The van der Waals surface area contributed by atoms with Gasteiger partial charge in [-0.1, -0.05) is 46.8 Å². The summed E-state index contributed by atoms with van der Waals surface area (Å²) in [6.45, 7) is 0.429. The molecule has 194 valence electrons. The fraction of sp³-hybridized carbons (Fsp3) is 0.462. The topological polar surface area (TPSA) is 96.9 Å². The maximum atomic E-state index is 10.8. The van der Waals surface area contributed by atoms with Crippen LogP contribution in [-0.2, 0) is 9.53 Å². The number of carbonyl (C=O) groups excluding carboxylic acids is 1. The maximum Gasteiger partial charge on any atom is 0.306 e. The van der Waals surface area contributed by atoms with Gasteiger partial charge < -0.3 is 25.2 Å². The molecule has 1 aliphatic rings. The molecule has 3 rings (SSSR count). The Balaban J connectivity index is 0.000000422. The molecule has 0 bridgehead atoms. The number of hydrogen-bond donors (Lipinski definition) is 3. The fourth-order valence-electron chi connectivity index (χ4n) is 3.61. The predicted octanol–water partition coefficient (Wildman–Crippen LogP) is 6.21. The van der Waals surface area contributed by atoms with E-state index in [4.69, 9.17) is 26.2 Å². The molecule has 1 saturated carbocycles. The summed E-state index contributed by atoms with van der Waals surface area (Å²) in [4.78, 5) is 21.2. The van der Waals surface area contributed by atoms with Gasteiger partial charge >= 0.3 is 5.97 Å². The number of carbonyl (C=O) groups is 2. The van der Waals surface area contributed by atoms with Crippen molar-refractivity contribution < 1.29 is 24.2 Å². The molecule has 2 aromatic carbocycles. The fourth-order valence-corrected chi connectivity index (χ4v) is 4.23. The van der Waals surface area contributed by atoms with Crippen LogP contribution in [0.3, 0.4) is 0 Å². The zero-order valence-corrected chi connectivity index (χ0v) is 23.1. The zero-order valence-electron chi connectivity index (χ0n) is 20.8. The third-order valence-electron chi connectivity index (χ3n) is 5.31. The molecule has 0 aromatic heterocycles. The minimum absolute atomic E-state index is 0.0289. The molecule has 0 radical (unpaired) electrons. The normalized spacial score (nSPS) is 13.9. The molecule has 0 aliphatic heterocycles. The first kappa shape index (κ1) is 30.9. The molecule has 0 heterocycles. The lowest BCUT2D eigenvalue weighted by Gasteiger charge is -2.22. The molecule has 0 amide bonds. The molecule has 0 saturated heterocycles. The molecule has 9 heteroatoms. The third-order valence-corrected chi connectivity index (χ3v) is 6.12. The Morgan fingerprint density at radius 2 is 1.83 bits per heavy atom. The van der Waals surface area contributed by atoms with E-state index in [2.05, 4.69) is 26.6 Å². The number of ether oxygens (including phenoxy) is 2. The molecule has 1 fully saturated rings. The van der Waals surface area contributed by atoms with Crippen LogP contribution in [0.5, 0.6) is 5.75 Å². The smallest absolute Gasteiger partial charge is 0.306 e. The Bertz CT molecular complexity index is 923. The van der Waals surface area contributed by atoms with Gasteiger partial charge in [0, 0.05) is 22.7 Å². The van der Waals surface area contributed by atoms with Crippen molar-refractivity contribution in [2.45, 2.75) is 38.1 Å². The van der Waals surface area contributed by atoms with Crippen molar-refractivity contribution in [3.63, 3.8) is 0 Å². The average molecular weight is 572 g/mol. The first-order valence-corrected chi connectivity index (χ1v) is 12.6. The largest absolute Gasteiger partial charge is 0.496 e. The lowest BCUT2D eigenvalue weighted by Crippen LogP contribution is -2.17. The zero-order chi connectivity index (χ0) is 26.2. The molecule has 3 N–H and O–H groups in total. The number of aliphatic carboxylic acids is 1. The summed E-state index contributed by atoms with van der Waals surface area (Å²) in [5.74, 6) is 0.122. The number of halogens is 2. The lowest BCUT2D eigenvalue weighted by molar-refractivity contribution is -0.142. The summed E-state index contributed by atoms with van der Waals surface area (Å²) in [5, 5.41) is 15.1. The van der Waals surface area contributed by atoms with Gasteiger partial charge in [0.1, 0.15) is 12.0 Å². The van der Waals surface area contributed by atoms with Gasteiger partial charge in [0.05, 0.1) is 36.4 Å². The van der Waals surface area contributed by atoms with Gasteiger partial charge in [-0.3, -0.25) is 9.59 Å². The van der Waals surface area contributed by atoms with Crippen LogP contribution in [0.1, 0.15) is 54.1 Å². The second kappa shape index (κ2) is 17.3. The number of methoxy groups -OCH3 is 2. The quantitative estimate of drug-likeness (QED) is 0.324. The van der Waals surface area contributed by atoms with Gasteiger partial charge in [0.2, 0.25) is 0 Å². The molecule has 35 heavy (non-hydrogen) atoms. The van der Waals surface area contributed by atoms with E-state index in [-0.39, 0.29) is 12.0 Å². The molecule has 2 aromatic rings. The van der Waals surface area contributed by atoms with Crippen LogP contribution >= 0.6 is 27.5 Å². The van der Waals surface area contributed by atoms with E-state index in [0.29, 0.717) is 17.2 Å². The third kappa shape index (κ3) is 11.0. The molecule has 1 aliphatic carbocycles. The van der Waals surface area contributed by atoms with Crippen molar-refractivity contribution in [1.29, 1.82) is 0 Å². The second-order valence-corrected chi connectivity index (χ2v) is 9.39. The minimum atomic E-state index is -0.602. The van der Waals surface area contributed by atoms with E-state index in [0.717, 1.165) is 53.4 Å². The van der Waals surface area contributed by atoms with Crippen molar-refractivity contribution in [1.82, 2.24) is 5.32 Å². The van der Waals surface area contributed by atoms with Crippen LogP contribution in [0.15, 0.2) is 40.9 Å². The van der Waals surface area contributed by atoms with Crippen molar-refractivity contribution in [2.75, 3.05) is 40.2 Å². The van der Waals surface area contributed by atoms with Crippen LogP contribution in [0.25, 0.3) is 0 Å². The van der Waals surface area contributed by atoms with Crippen molar-refractivity contribution in [3.8, 4) is 5.75 Å². The monoisotopic (exact) mass is 570 g/mol. The summed E-state index contributed by atoms with van der Waals surface area (Å²) in [7, 11) is 7.01. The summed E-state index contributed by atoms with van der Waals surface area (Å²) >= 11 is 9.72. The van der Waals surface area contributed by atoms with Crippen molar-refractivity contribution >= 4 is 45.5 Å². The maximum absolute atomic E-state index is 10.8. The van der Waals surface area contributed by atoms with E-state index in [9.17, 15) is 9.59 Å². The Morgan fingerprint density at radius 3 is 2.31 bits per heavy atom. The first-order chi connectivity index (χ1) is 16.8. The Labute approximate surface area is 221 Å². The van der Waals surface area contributed by atoms with Crippen LogP contribution in [0, 0.1) is 5.92 Å². The Morgan fingerprint density at radius 1 is 1.17 bits per heavy atom. The van der Waals surface area contributed by atoms with Gasteiger partial charge in [0.15, 0.2) is 0 Å². The number of benzene rings is 2. The number of hydrogen-bond acceptors (Lipinski definition) is 6. The Kier molecular flexibility index (Phi) is 15.3. The van der Waals surface area contributed by atoms with Gasteiger partial charge in [-0.15, -0.1) is 0 Å². The lowest BCUT2D eigenvalue weighted by atomic mass is 9.90. The van der Waals surface area contributed by atoms with Gasteiger partial charge in [-0.2, -0.15) is 0 Å². The number of anilines is 1. The highest BCUT2D eigenvalue weighted by molar-refractivity contribution is 9.10. The van der Waals surface area contributed by atoms with E-state index < -0.39 is 5.97 Å². The number of nitrogens with one attached hydrogen (secondary N) is 2. The molecular weight excluding hydrogens is 536 g/mol. The SMILES string of the molecule is CNC.COC[C@H](Nc1ccc(C=O)cc1Cl)c1cc(Br)ccc1OC.O=C(O)C1CCCCC1. The standard InChI is InChI=1S/C17H17BrClNO3.C7H12O2.C2H7N/c1-22-10-16(13-8-12(18)4-6-17(13)23-2)20-15-5-3-11(9-21)7-14(15)19;8-7(9)6-4-2-1-3-5-6;1-3-2/h3-9,16,20H,10H2,1-2H3;6H,1-5H2,(H,8,9);3H,1-2H3/t16-;;/m0../s1. The Hall–Kier alpha value is -2.13. The summed E-state index contributed by atoms with van der Waals surface area (Å²) < 4.78 is 11.7. The van der Waals surface area contributed by atoms with Crippen LogP contribution in [-0.4, -0.2) is 52.3 Å². The average Bonchev–Trinajstić information content (AvgIpc) is 2.86. The summed E-state index contributed by atoms with van der Waals surface area (Å²) in [5.41, 5.74) is 2.20. The molecule has 7 nitrogen and oxygen atoms in total. The number of carboxylic acids is 1. The predicted molar refractivity (Wildman–Crippen MR) is 145 cm³/mol. The molecule has 0 spiro atoms. The minimum Gasteiger partial charge on any atom is -0.496 e. The van der Waals surface area contributed by atoms with E-state index in [1.807, 2.05) is 32.3 Å². The molecule has 0 unspecified atom stereocenters. The molecular formula is C26H36BrClN2O5. The van der Waals surface area contributed by atoms with Gasteiger partial charge in [0.25, 0.3) is 0 Å². The summed E-state index contributed by atoms with van der Waals surface area (Å²) in [6, 6.07) is 10.7. The number of rotatable bonds is 8. The summed E-state index contributed by atoms with van der Waals surface area (Å²) in [6.07, 6.45) is 6.00. The van der Waals surface area contributed by atoms with Crippen molar-refractivity contribution in [2.24, 2.45) is 5.92 Å². The van der Waals surface area contributed by atoms with Crippen molar-refractivity contribution in [3.05, 3.63) is 57.0 Å². The van der Waals surface area contributed by atoms with Crippen LogP contribution in [0.4, 0.5) is 5.69 Å². The van der Waals surface area contributed by atoms with E-state index in [1.54, 1.807) is 32.4 Å². The number of carboxylic acid groups (broad SMARTS) is 1. The van der Waals surface area contributed by atoms with E-state index >= 15 is 0 Å². The van der Waals surface area contributed by atoms with Crippen LogP contribution in [0.2, 0.25) is 5.02 Å². The van der Waals surface area contributed by atoms with Gasteiger partial charge in [-0.05, 0) is 63.3 Å². The highest BCUT2D eigenvalue weighted by Gasteiger charge is 2.19. The highest BCUT2D eigenvalue weighted by Crippen LogP contribution is 2.33. The van der Waals surface area contributed by atoms with Gasteiger partial charge in [-0.25, -0.2) is 0 Å².